The number of nitrogens with one attached hydrogen (secondary N) is 2. The van der Waals surface area contributed by atoms with E-state index in [2.05, 4.69) is 10.6 Å². The van der Waals surface area contributed by atoms with Crippen LogP contribution in [-0.4, -0.2) is 0 Å². The second-order valence-electron chi connectivity index (χ2n) is 5.82. The van der Waals surface area contributed by atoms with Crippen molar-refractivity contribution in [3.8, 4) is 30.0 Å². The summed E-state index contributed by atoms with van der Waals surface area (Å²) in [5.41, 5.74) is 7.65. The largest absolute Gasteiger partial charge is 0.455 e. The summed E-state index contributed by atoms with van der Waals surface area (Å²) in [7, 11) is 0. The second-order valence-corrected chi connectivity index (χ2v) is 5.82. The number of hydrogen-bond acceptors (Lipinski definition) is 8. The third-order valence-corrected chi connectivity index (χ3v) is 4.49. The number of nitrogens with zero attached hydrogens (tertiary/aromatic N) is 4. The van der Waals surface area contributed by atoms with Gasteiger partial charge in [0.1, 0.15) is 47.0 Å². The number of nitrogens with two attached hydrogens (primary N) is 1. The van der Waals surface area contributed by atoms with Crippen molar-refractivity contribution in [1.82, 2.24) is 10.6 Å². The Hall–Kier alpha value is -4.66. The lowest BCUT2D eigenvalue weighted by molar-refractivity contribution is 0.387. The molecule has 0 aliphatic carbocycles. The van der Waals surface area contributed by atoms with Gasteiger partial charge in [-0.05, 0) is 6.07 Å². The minimum atomic E-state index is -0.521. The number of nitriles is 4. The number of fused-ring (bicyclic) bond motifs is 2. The van der Waals surface area contributed by atoms with E-state index in [0.717, 1.165) is 5.56 Å². The van der Waals surface area contributed by atoms with E-state index in [1.165, 1.54) is 0 Å². The Balaban J connectivity index is 2.11. The average Bonchev–Trinajstić information content (AvgIpc) is 2.69. The maximum atomic E-state index is 9.68. The molecule has 8 heteroatoms. The highest BCUT2D eigenvalue weighted by Crippen LogP contribution is 2.48. The van der Waals surface area contributed by atoms with Gasteiger partial charge in [-0.15, -0.1) is 0 Å². The molecule has 4 N–H and O–H groups in total. The Labute approximate surface area is 154 Å². The molecule has 1 aromatic rings. The van der Waals surface area contributed by atoms with Gasteiger partial charge < -0.3 is 21.1 Å². The first-order valence-electron chi connectivity index (χ1n) is 7.78. The van der Waals surface area contributed by atoms with Crippen molar-refractivity contribution in [3.05, 3.63) is 75.1 Å². The number of allylic oxidation sites excluding steroid dienone is 3. The fourth-order valence-electron chi connectivity index (χ4n) is 3.34. The molecule has 3 heterocycles. The maximum Gasteiger partial charge on any atom is 0.156 e. The lowest BCUT2D eigenvalue weighted by Crippen LogP contribution is -2.41. The van der Waals surface area contributed by atoms with Crippen molar-refractivity contribution >= 4 is 0 Å². The van der Waals surface area contributed by atoms with E-state index in [0.29, 0.717) is 17.0 Å². The van der Waals surface area contributed by atoms with Crippen molar-refractivity contribution in [2.45, 2.75) is 6.04 Å². The monoisotopic (exact) mass is 351 g/mol. The van der Waals surface area contributed by atoms with Crippen molar-refractivity contribution in [3.63, 3.8) is 0 Å². The van der Waals surface area contributed by atoms with Crippen LogP contribution in [0.2, 0.25) is 0 Å². The number of para-hydroxylation sites is 1. The first kappa shape index (κ1) is 15.8. The molecule has 8 nitrogen and oxygen atoms in total. The summed E-state index contributed by atoms with van der Waals surface area (Å²) < 4.78 is 5.94. The molecule has 0 aromatic heterocycles. The summed E-state index contributed by atoms with van der Waals surface area (Å²) >= 11 is 0. The molecule has 1 unspecified atom stereocenters. The van der Waals surface area contributed by atoms with Crippen molar-refractivity contribution in [2.24, 2.45) is 5.73 Å². The van der Waals surface area contributed by atoms with Gasteiger partial charge in [0.25, 0.3) is 0 Å². The molecule has 1 atom stereocenters. The fourth-order valence-corrected chi connectivity index (χ4v) is 3.34. The third-order valence-electron chi connectivity index (χ3n) is 4.49. The lowest BCUT2D eigenvalue weighted by atomic mass is 9.82. The molecule has 0 amide bonds. The second kappa shape index (κ2) is 5.70. The highest BCUT2D eigenvalue weighted by molar-refractivity contribution is 5.70. The number of ether oxygens (including phenoxy) is 1. The Bertz CT molecular complexity index is 1190. The number of hydrogen-bond donors (Lipinski definition) is 3. The topological polar surface area (TPSA) is 154 Å². The van der Waals surface area contributed by atoms with Crippen LogP contribution in [0.15, 0.2) is 69.5 Å². The normalized spacial score (nSPS) is 19.1. The van der Waals surface area contributed by atoms with E-state index in [-0.39, 0.29) is 34.0 Å². The number of rotatable bonds is 0. The summed E-state index contributed by atoms with van der Waals surface area (Å²) in [4.78, 5) is 0. The Kier molecular flexibility index (Phi) is 3.35. The zero-order valence-corrected chi connectivity index (χ0v) is 13.7. The van der Waals surface area contributed by atoms with Crippen LogP contribution in [0.3, 0.4) is 0 Å². The summed E-state index contributed by atoms with van der Waals surface area (Å²) in [5, 5.41) is 43.8. The van der Waals surface area contributed by atoms with Crippen molar-refractivity contribution in [1.29, 1.82) is 21.0 Å². The van der Waals surface area contributed by atoms with E-state index < -0.39 is 6.04 Å². The van der Waals surface area contributed by atoms with Crippen LogP contribution in [0.5, 0.6) is 5.75 Å². The van der Waals surface area contributed by atoms with Gasteiger partial charge in [0, 0.05) is 11.1 Å². The standard InChI is InChI=1S/C19H9N7O/c20-5-9(6-21)15-11(7-22)17-14-16(25-15)10-3-1-2-4-13(10)27-18(14)12(8-23)19(24)26-17/h1-4,16,25-26H,24H2. The van der Waals surface area contributed by atoms with Gasteiger partial charge in [-0.25, -0.2) is 0 Å². The van der Waals surface area contributed by atoms with E-state index in [1.54, 1.807) is 12.1 Å². The molecule has 126 valence electrons. The maximum absolute atomic E-state index is 9.68. The van der Waals surface area contributed by atoms with Crippen LogP contribution >= 0.6 is 0 Å². The molecule has 1 aromatic carbocycles. The molecule has 0 fully saturated rings. The van der Waals surface area contributed by atoms with Crippen LogP contribution in [0.1, 0.15) is 11.6 Å². The zero-order valence-electron chi connectivity index (χ0n) is 13.7. The van der Waals surface area contributed by atoms with Crippen LogP contribution < -0.4 is 21.1 Å². The predicted octanol–water partition coefficient (Wildman–Crippen LogP) is 1.35. The summed E-state index contributed by atoms with van der Waals surface area (Å²) in [6.45, 7) is 0. The zero-order chi connectivity index (χ0) is 19.1. The molecule has 27 heavy (non-hydrogen) atoms. The Morgan fingerprint density at radius 3 is 2.41 bits per heavy atom. The highest BCUT2D eigenvalue weighted by Gasteiger charge is 2.42. The number of benzene rings is 1. The van der Waals surface area contributed by atoms with Crippen LogP contribution in [-0.2, 0) is 0 Å². The van der Waals surface area contributed by atoms with Gasteiger partial charge in [0.2, 0.25) is 0 Å². The van der Waals surface area contributed by atoms with Crippen LogP contribution in [0.25, 0.3) is 0 Å². The molecule has 0 radical (unpaired) electrons. The molecular formula is C19H9N7O. The molecular weight excluding hydrogens is 342 g/mol. The van der Waals surface area contributed by atoms with Crippen molar-refractivity contribution in [2.75, 3.05) is 0 Å². The molecule has 0 bridgehead atoms. The Morgan fingerprint density at radius 2 is 1.74 bits per heavy atom. The molecule has 0 spiro atoms. The SMILES string of the molecule is N#CC(C#N)=C1NC2C3=C(Oc4ccccc42)C(C#N)=C(N)NC3=C1C#N. The first-order chi connectivity index (χ1) is 13.1. The van der Waals surface area contributed by atoms with Crippen LogP contribution in [0.4, 0.5) is 0 Å². The van der Waals surface area contributed by atoms with Gasteiger partial charge in [0.15, 0.2) is 11.3 Å². The van der Waals surface area contributed by atoms with Gasteiger partial charge in [-0.1, -0.05) is 18.2 Å². The van der Waals surface area contributed by atoms with E-state index >= 15 is 0 Å². The highest BCUT2D eigenvalue weighted by atomic mass is 16.5. The fraction of sp³-hybridized carbons (Fsp3) is 0.0526. The van der Waals surface area contributed by atoms with E-state index in [9.17, 15) is 21.0 Å². The molecule has 3 aliphatic rings. The average molecular weight is 351 g/mol. The van der Waals surface area contributed by atoms with E-state index in [1.807, 2.05) is 36.4 Å². The summed E-state index contributed by atoms with van der Waals surface area (Å²) in [6, 6.07) is 14.3. The van der Waals surface area contributed by atoms with Crippen molar-refractivity contribution < 1.29 is 4.74 Å². The third kappa shape index (κ3) is 2.05. The van der Waals surface area contributed by atoms with Gasteiger partial charge in [0.05, 0.1) is 17.4 Å². The quantitative estimate of drug-likeness (QED) is 0.592. The van der Waals surface area contributed by atoms with Crippen LogP contribution in [0, 0.1) is 45.3 Å². The molecule has 0 saturated heterocycles. The van der Waals surface area contributed by atoms with E-state index in [4.69, 9.17) is 10.5 Å². The minimum absolute atomic E-state index is 0.0360. The lowest BCUT2D eigenvalue weighted by Gasteiger charge is -2.39. The molecule has 0 saturated carbocycles. The predicted molar refractivity (Wildman–Crippen MR) is 90.8 cm³/mol. The number of dihydropyridines is 1. The summed E-state index contributed by atoms with van der Waals surface area (Å²) in [5.74, 6) is 0.807. The van der Waals surface area contributed by atoms with Gasteiger partial charge >= 0.3 is 0 Å². The first-order valence-corrected chi connectivity index (χ1v) is 7.78. The van der Waals surface area contributed by atoms with Gasteiger partial charge in [-0.2, -0.15) is 21.0 Å². The Morgan fingerprint density at radius 1 is 1.04 bits per heavy atom. The molecule has 4 rings (SSSR count). The minimum Gasteiger partial charge on any atom is -0.455 e. The van der Waals surface area contributed by atoms with Gasteiger partial charge in [-0.3, -0.25) is 0 Å². The summed E-state index contributed by atoms with van der Waals surface area (Å²) in [6.07, 6.45) is 0. The molecule has 3 aliphatic heterocycles. The smallest absolute Gasteiger partial charge is 0.156 e.